The molecule has 1 aromatic rings. The first-order chi connectivity index (χ1) is 7.22. The van der Waals surface area contributed by atoms with E-state index in [1.165, 1.54) is 0 Å². The number of ether oxygens (including phenoxy) is 2. The number of hydrogen-bond donors (Lipinski definition) is 1. The van der Waals surface area contributed by atoms with Crippen molar-refractivity contribution < 1.29 is 19.0 Å². The van der Waals surface area contributed by atoms with E-state index < -0.39 is 6.10 Å². The Kier molecular flexibility index (Phi) is 3.09. The molecule has 4 nitrogen and oxygen atoms in total. The summed E-state index contributed by atoms with van der Waals surface area (Å²) in [5, 5.41) is 9.85. The summed E-state index contributed by atoms with van der Waals surface area (Å²) in [5.41, 5.74) is 0. The van der Waals surface area contributed by atoms with Crippen molar-refractivity contribution in [1.82, 2.24) is 0 Å². The van der Waals surface area contributed by atoms with Gasteiger partial charge in [-0.3, -0.25) is 0 Å². The zero-order valence-electron chi connectivity index (χ0n) is 8.92. The Morgan fingerprint density at radius 3 is 2.93 bits per heavy atom. The van der Waals surface area contributed by atoms with Crippen molar-refractivity contribution >= 4 is 0 Å². The molecular weight excluding hydrogens is 196 g/mol. The average Bonchev–Trinajstić information content (AvgIpc) is 2.75. The highest BCUT2D eigenvalue weighted by molar-refractivity contribution is 5.05. The molecule has 4 heteroatoms. The van der Waals surface area contributed by atoms with Crippen LogP contribution < -0.4 is 0 Å². The summed E-state index contributed by atoms with van der Waals surface area (Å²) in [4.78, 5) is 0. The summed E-state index contributed by atoms with van der Waals surface area (Å²) in [6.07, 6.45) is 1.11. The molecule has 0 unspecified atom stereocenters. The normalized spacial score (nSPS) is 36.7. The number of aliphatic hydroxyl groups is 1. The van der Waals surface area contributed by atoms with Crippen molar-refractivity contribution in [2.75, 3.05) is 7.11 Å². The van der Waals surface area contributed by atoms with E-state index >= 15 is 0 Å². The van der Waals surface area contributed by atoms with Crippen LogP contribution in [0.2, 0.25) is 0 Å². The molecule has 1 aliphatic heterocycles. The van der Waals surface area contributed by atoms with Gasteiger partial charge in [0.2, 0.25) is 0 Å². The molecule has 0 aromatic carbocycles. The molecular formula is C11H16O4. The van der Waals surface area contributed by atoms with Gasteiger partial charge in [-0.25, -0.2) is 0 Å². The van der Waals surface area contributed by atoms with Crippen molar-refractivity contribution in [3.63, 3.8) is 0 Å². The van der Waals surface area contributed by atoms with Crippen molar-refractivity contribution in [3.05, 3.63) is 24.2 Å². The van der Waals surface area contributed by atoms with E-state index in [1.54, 1.807) is 13.4 Å². The molecule has 2 rings (SSSR count). The lowest BCUT2D eigenvalue weighted by Crippen LogP contribution is -2.38. The van der Waals surface area contributed by atoms with E-state index in [9.17, 15) is 5.11 Å². The fourth-order valence-electron chi connectivity index (χ4n) is 1.89. The SMILES string of the molecule is CO[C@H]1C[C@H](O)[C@@H](C)[C@@H](c2ccco2)O1. The maximum Gasteiger partial charge on any atom is 0.160 e. The van der Waals surface area contributed by atoms with Crippen molar-refractivity contribution in [2.45, 2.75) is 31.8 Å². The molecule has 0 bridgehead atoms. The zero-order chi connectivity index (χ0) is 10.8. The second-order valence-corrected chi connectivity index (χ2v) is 3.90. The van der Waals surface area contributed by atoms with Crippen LogP contribution in [0.4, 0.5) is 0 Å². The largest absolute Gasteiger partial charge is 0.467 e. The molecule has 84 valence electrons. The van der Waals surface area contributed by atoms with E-state index in [4.69, 9.17) is 13.9 Å². The highest BCUT2D eigenvalue weighted by atomic mass is 16.7. The molecule has 0 saturated carbocycles. The van der Waals surface area contributed by atoms with Gasteiger partial charge in [-0.15, -0.1) is 0 Å². The van der Waals surface area contributed by atoms with Crippen molar-refractivity contribution in [1.29, 1.82) is 0 Å². The molecule has 0 amide bonds. The summed E-state index contributed by atoms with van der Waals surface area (Å²) in [6.45, 7) is 1.95. The third-order valence-electron chi connectivity index (χ3n) is 2.90. The lowest BCUT2D eigenvalue weighted by Gasteiger charge is -2.36. The van der Waals surface area contributed by atoms with Gasteiger partial charge in [0.05, 0.1) is 12.4 Å². The van der Waals surface area contributed by atoms with Gasteiger partial charge in [-0.05, 0) is 12.1 Å². The Morgan fingerprint density at radius 2 is 2.33 bits per heavy atom. The molecule has 1 aliphatic rings. The fourth-order valence-corrected chi connectivity index (χ4v) is 1.89. The maximum atomic E-state index is 9.85. The molecule has 4 atom stereocenters. The Labute approximate surface area is 88.8 Å². The molecule has 15 heavy (non-hydrogen) atoms. The summed E-state index contributed by atoms with van der Waals surface area (Å²) in [6, 6.07) is 3.67. The Hall–Kier alpha value is -0.840. The lowest BCUT2D eigenvalue weighted by molar-refractivity contribution is -0.230. The van der Waals surface area contributed by atoms with Crippen molar-refractivity contribution in [2.24, 2.45) is 5.92 Å². The predicted molar refractivity (Wildman–Crippen MR) is 53.1 cm³/mol. The van der Waals surface area contributed by atoms with Crippen LogP contribution in [0.25, 0.3) is 0 Å². The molecule has 0 spiro atoms. The van der Waals surface area contributed by atoms with Gasteiger partial charge in [0.1, 0.15) is 11.9 Å². The first-order valence-corrected chi connectivity index (χ1v) is 5.12. The molecule has 1 fully saturated rings. The van der Waals surface area contributed by atoms with E-state index in [0.717, 1.165) is 5.76 Å². The van der Waals surface area contributed by atoms with Gasteiger partial charge in [-0.2, -0.15) is 0 Å². The second-order valence-electron chi connectivity index (χ2n) is 3.90. The minimum absolute atomic E-state index is 0.0162. The minimum atomic E-state index is -0.418. The number of furan rings is 1. The quantitative estimate of drug-likeness (QED) is 0.810. The Bertz CT molecular complexity index is 296. The molecule has 1 saturated heterocycles. The maximum absolute atomic E-state index is 9.85. The highest BCUT2D eigenvalue weighted by Gasteiger charge is 2.37. The van der Waals surface area contributed by atoms with E-state index in [1.807, 2.05) is 19.1 Å². The highest BCUT2D eigenvalue weighted by Crippen LogP contribution is 2.36. The summed E-state index contributed by atoms with van der Waals surface area (Å²) < 4.78 is 16.1. The fraction of sp³-hybridized carbons (Fsp3) is 0.636. The third-order valence-corrected chi connectivity index (χ3v) is 2.90. The van der Waals surface area contributed by atoms with Crippen LogP contribution >= 0.6 is 0 Å². The number of rotatable bonds is 2. The molecule has 0 radical (unpaired) electrons. The average molecular weight is 212 g/mol. The van der Waals surface area contributed by atoms with Crippen LogP contribution in [-0.4, -0.2) is 24.6 Å². The second kappa shape index (κ2) is 4.35. The lowest BCUT2D eigenvalue weighted by atomic mass is 9.91. The van der Waals surface area contributed by atoms with Crippen LogP contribution in [0.1, 0.15) is 25.2 Å². The topological polar surface area (TPSA) is 51.8 Å². The first-order valence-electron chi connectivity index (χ1n) is 5.12. The molecule has 1 aromatic heterocycles. The Balaban J connectivity index is 2.15. The summed E-state index contributed by atoms with van der Waals surface area (Å²) in [7, 11) is 1.58. The van der Waals surface area contributed by atoms with Crippen LogP contribution in [0.15, 0.2) is 22.8 Å². The van der Waals surface area contributed by atoms with Crippen molar-refractivity contribution in [3.8, 4) is 0 Å². The molecule has 0 aliphatic carbocycles. The standard InChI is InChI=1S/C11H16O4/c1-7-8(12)6-10(13-2)15-11(7)9-4-3-5-14-9/h3-5,7-8,10-12H,6H2,1-2H3/t7-,8+,10-,11+/m1/s1. The van der Waals surface area contributed by atoms with Crippen LogP contribution in [0.3, 0.4) is 0 Å². The number of hydrogen-bond acceptors (Lipinski definition) is 4. The van der Waals surface area contributed by atoms with Gasteiger partial charge in [-0.1, -0.05) is 6.92 Å². The Morgan fingerprint density at radius 1 is 1.53 bits per heavy atom. The number of aliphatic hydroxyl groups excluding tert-OH is 1. The van der Waals surface area contributed by atoms with Gasteiger partial charge < -0.3 is 19.0 Å². The van der Waals surface area contributed by atoms with E-state index in [-0.39, 0.29) is 18.3 Å². The third kappa shape index (κ3) is 2.07. The monoisotopic (exact) mass is 212 g/mol. The minimum Gasteiger partial charge on any atom is -0.467 e. The van der Waals surface area contributed by atoms with E-state index in [2.05, 4.69) is 0 Å². The predicted octanol–water partition coefficient (Wildman–Crippen LogP) is 1.71. The van der Waals surface area contributed by atoms with Gasteiger partial charge in [0, 0.05) is 19.4 Å². The van der Waals surface area contributed by atoms with Crippen LogP contribution in [0, 0.1) is 5.92 Å². The van der Waals surface area contributed by atoms with Crippen LogP contribution in [0.5, 0.6) is 0 Å². The van der Waals surface area contributed by atoms with Gasteiger partial charge >= 0.3 is 0 Å². The van der Waals surface area contributed by atoms with Crippen LogP contribution in [-0.2, 0) is 9.47 Å². The smallest absolute Gasteiger partial charge is 0.160 e. The number of methoxy groups -OCH3 is 1. The van der Waals surface area contributed by atoms with Gasteiger partial charge in [0.15, 0.2) is 6.29 Å². The molecule has 1 N–H and O–H groups in total. The molecule has 2 heterocycles. The van der Waals surface area contributed by atoms with E-state index in [0.29, 0.717) is 6.42 Å². The first kappa shape index (κ1) is 10.7. The van der Waals surface area contributed by atoms with Gasteiger partial charge in [0.25, 0.3) is 0 Å². The summed E-state index contributed by atoms with van der Waals surface area (Å²) in [5.74, 6) is 0.755. The summed E-state index contributed by atoms with van der Waals surface area (Å²) >= 11 is 0. The zero-order valence-corrected chi connectivity index (χ0v) is 8.92.